The molecule has 0 radical (unpaired) electrons. The monoisotopic (exact) mass is 691 g/mol. The summed E-state index contributed by atoms with van der Waals surface area (Å²) in [7, 11) is 0. The summed E-state index contributed by atoms with van der Waals surface area (Å²) in [5.74, 6) is 0. The molecule has 0 amide bonds. The van der Waals surface area contributed by atoms with Gasteiger partial charge in [0.2, 0.25) is 0 Å². The van der Waals surface area contributed by atoms with E-state index in [0.29, 0.717) is 0 Å². The first-order chi connectivity index (χ1) is 26.7. The van der Waals surface area contributed by atoms with Gasteiger partial charge in [-0.15, -0.1) is 0 Å². The van der Waals surface area contributed by atoms with Crippen LogP contribution in [-0.4, -0.2) is 14.8 Å². The van der Waals surface area contributed by atoms with Crippen molar-refractivity contribution in [1.82, 2.24) is 9.13 Å². The molecule has 0 atom stereocenters. The molecule has 54 heavy (non-hydrogen) atoms. The van der Waals surface area contributed by atoms with Crippen LogP contribution in [0.1, 0.15) is 23.6 Å². The smallest absolute Gasteiger partial charge is 0.0668 e. The second-order valence-electron chi connectivity index (χ2n) is 13.9. The predicted octanol–water partition coefficient (Wildman–Crippen LogP) is 13.1. The Hall–Kier alpha value is -6.97. The van der Waals surface area contributed by atoms with Gasteiger partial charge in [0.05, 0.1) is 27.8 Å². The lowest BCUT2D eigenvalue weighted by molar-refractivity contribution is 1.17. The number of fused-ring (bicyclic) bond motifs is 10. The molecule has 0 aliphatic carbocycles. The molecule has 0 aliphatic heterocycles. The number of aromatic nitrogens is 2. The third-order valence-electron chi connectivity index (χ3n) is 10.7. The Morgan fingerprint density at radius 2 is 0.870 bits per heavy atom. The SMILES string of the molecule is CC(=N/C(=C\Cc1ccc(-n2c3ccccc3c3c4c5ccccc5n(-c5ccccc5)c4c4ccccc4c32)cc1)c1ccccc1)c1ccccc1. The topological polar surface area (TPSA) is 22.2 Å². The third kappa shape index (κ3) is 5.24. The Balaban J connectivity index is 1.16. The number of benzene rings is 8. The minimum absolute atomic E-state index is 0.770. The maximum Gasteiger partial charge on any atom is 0.0668 e. The van der Waals surface area contributed by atoms with Crippen molar-refractivity contribution in [2.75, 3.05) is 0 Å². The fourth-order valence-electron chi connectivity index (χ4n) is 8.26. The molecule has 0 bridgehead atoms. The number of allylic oxidation sites excluding steroid dienone is 1. The van der Waals surface area contributed by atoms with E-state index in [4.69, 9.17) is 4.99 Å². The molecule has 2 aromatic heterocycles. The first-order valence-electron chi connectivity index (χ1n) is 18.6. The maximum absolute atomic E-state index is 5.13. The highest BCUT2D eigenvalue weighted by atomic mass is 15.0. The molecule has 0 aliphatic rings. The predicted molar refractivity (Wildman–Crippen MR) is 229 cm³/mol. The van der Waals surface area contributed by atoms with E-state index in [9.17, 15) is 0 Å². The van der Waals surface area contributed by atoms with E-state index in [0.717, 1.165) is 40.3 Å². The van der Waals surface area contributed by atoms with Crippen LogP contribution in [0.3, 0.4) is 0 Å². The molecule has 0 saturated heterocycles. The first-order valence-corrected chi connectivity index (χ1v) is 18.6. The molecule has 2 heterocycles. The minimum atomic E-state index is 0.770. The third-order valence-corrected chi connectivity index (χ3v) is 10.7. The van der Waals surface area contributed by atoms with Crippen molar-refractivity contribution in [3.63, 3.8) is 0 Å². The summed E-state index contributed by atoms with van der Waals surface area (Å²) in [5, 5.41) is 7.57. The largest absolute Gasteiger partial charge is 0.309 e. The van der Waals surface area contributed by atoms with Crippen LogP contribution < -0.4 is 0 Å². The fraction of sp³-hybridized carbons (Fsp3) is 0.0392. The van der Waals surface area contributed by atoms with E-state index in [1.807, 2.05) is 6.07 Å². The van der Waals surface area contributed by atoms with Crippen LogP contribution in [0.4, 0.5) is 0 Å². The lowest BCUT2D eigenvalue weighted by Gasteiger charge is -2.13. The number of hydrogen-bond acceptors (Lipinski definition) is 1. The first kappa shape index (κ1) is 31.7. The Labute approximate surface area is 314 Å². The Kier molecular flexibility index (Phi) is 7.77. The molecule has 0 fully saturated rings. The van der Waals surface area contributed by atoms with E-state index in [-0.39, 0.29) is 0 Å². The lowest BCUT2D eigenvalue weighted by Crippen LogP contribution is -1.97. The van der Waals surface area contributed by atoms with Gasteiger partial charge in [-0.25, -0.2) is 0 Å². The molecule has 0 unspecified atom stereocenters. The van der Waals surface area contributed by atoms with Gasteiger partial charge in [-0.05, 0) is 66.4 Å². The van der Waals surface area contributed by atoms with Crippen molar-refractivity contribution in [3.8, 4) is 11.4 Å². The molecular formula is C51H37N3. The van der Waals surface area contributed by atoms with Crippen molar-refractivity contribution < 1.29 is 0 Å². The zero-order valence-corrected chi connectivity index (χ0v) is 30.0. The summed E-state index contributed by atoms with van der Waals surface area (Å²) >= 11 is 0. The van der Waals surface area contributed by atoms with E-state index in [1.165, 1.54) is 59.9 Å². The summed E-state index contributed by atoms with van der Waals surface area (Å²) in [6.07, 6.45) is 3.02. The van der Waals surface area contributed by atoms with Gasteiger partial charge in [0.1, 0.15) is 0 Å². The van der Waals surface area contributed by atoms with Gasteiger partial charge >= 0.3 is 0 Å². The lowest BCUT2D eigenvalue weighted by atomic mass is 9.99. The van der Waals surface area contributed by atoms with Crippen molar-refractivity contribution in [2.24, 2.45) is 4.99 Å². The normalized spacial score (nSPS) is 12.5. The van der Waals surface area contributed by atoms with Crippen LogP contribution in [0.2, 0.25) is 0 Å². The number of nitrogens with zero attached hydrogens (tertiary/aromatic N) is 3. The van der Waals surface area contributed by atoms with Crippen molar-refractivity contribution >= 4 is 65.8 Å². The molecule has 10 rings (SSSR count). The highest BCUT2D eigenvalue weighted by molar-refractivity contribution is 6.37. The van der Waals surface area contributed by atoms with Gasteiger partial charge in [-0.2, -0.15) is 0 Å². The highest BCUT2D eigenvalue weighted by Gasteiger charge is 2.24. The van der Waals surface area contributed by atoms with E-state index in [1.54, 1.807) is 0 Å². The average Bonchev–Trinajstić information content (AvgIpc) is 3.77. The van der Waals surface area contributed by atoms with Gasteiger partial charge < -0.3 is 9.13 Å². The summed E-state index contributed by atoms with van der Waals surface area (Å²) in [6.45, 7) is 2.09. The van der Waals surface area contributed by atoms with Gasteiger partial charge in [-0.1, -0.05) is 158 Å². The highest BCUT2D eigenvalue weighted by Crippen LogP contribution is 2.46. The number of hydrogen-bond donors (Lipinski definition) is 0. The van der Waals surface area contributed by atoms with E-state index >= 15 is 0 Å². The van der Waals surface area contributed by atoms with Crippen LogP contribution in [0.5, 0.6) is 0 Å². The van der Waals surface area contributed by atoms with Crippen molar-refractivity contribution in [2.45, 2.75) is 13.3 Å². The Morgan fingerprint density at radius 1 is 0.444 bits per heavy atom. The molecule has 0 spiro atoms. The van der Waals surface area contributed by atoms with Crippen LogP contribution in [0.25, 0.3) is 71.5 Å². The van der Waals surface area contributed by atoms with Gasteiger partial charge in [0.15, 0.2) is 0 Å². The van der Waals surface area contributed by atoms with Crippen LogP contribution in [0, 0.1) is 0 Å². The molecule has 3 heteroatoms. The maximum atomic E-state index is 5.13. The zero-order valence-electron chi connectivity index (χ0n) is 30.0. The van der Waals surface area contributed by atoms with Gasteiger partial charge in [-0.3, -0.25) is 4.99 Å². The zero-order chi connectivity index (χ0) is 36.0. The molecule has 256 valence electrons. The number of aliphatic imine (C=N–C) groups is 1. The number of rotatable bonds is 7. The molecule has 0 saturated carbocycles. The summed E-state index contributed by atoms with van der Waals surface area (Å²) in [4.78, 5) is 5.13. The molecular weight excluding hydrogens is 655 g/mol. The quantitative estimate of drug-likeness (QED) is 0.148. The van der Waals surface area contributed by atoms with E-state index in [2.05, 4.69) is 204 Å². The fourth-order valence-corrected chi connectivity index (χ4v) is 8.26. The molecule has 0 N–H and O–H groups in total. The van der Waals surface area contributed by atoms with E-state index < -0.39 is 0 Å². The average molecular weight is 692 g/mol. The summed E-state index contributed by atoms with van der Waals surface area (Å²) < 4.78 is 4.93. The molecule has 3 nitrogen and oxygen atoms in total. The second-order valence-corrected chi connectivity index (χ2v) is 13.9. The minimum Gasteiger partial charge on any atom is -0.309 e. The van der Waals surface area contributed by atoms with Crippen molar-refractivity contribution in [1.29, 1.82) is 0 Å². The van der Waals surface area contributed by atoms with Crippen LogP contribution in [0.15, 0.2) is 199 Å². The standard InChI is InChI=1S/C51H37N3/c1-35(37-17-5-2-6-18-37)52-45(38-19-7-3-8-20-38)34-31-36-29-32-40(33-30-36)54-47-28-16-14-26-44(47)49-48-43-25-13-15-27-46(43)53(39-21-9-4-10-22-39)50(48)41-23-11-12-24-42(41)51(49)54/h2-30,32-34H,31H2,1H3/b45-34-,52-35?. The van der Waals surface area contributed by atoms with Gasteiger partial charge in [0, 0.05) is 49.4 Å². The van der Waals surface area contributed by atoms with Crippen LogP contribution >= 0.6 is 0 Å². The summed E-state index contributed by atoms with van der Waals surface area (Å²) in [5.41, 5.74) is 12.7. The Morgan fingerprint density at radius 3 is 1.41 bits per heavy atom. The van der Waals surface area contributed by atoms with Crippen LogP contribution in [-0.2, 0) is 6.42 Å². The number of para-hydroxylation sites is 3. The molecule has 8 aromatic carbocycles. The Bertz CT molecular complexity index is 3040. The second kappa shape index (κ2) is 13.2. The van der Waals surface area contributed by atoms with Gasteiger partial charge in [0.25, 0.3) is 0 Å². The summed E-state index contributed by atoms with van der Waals surface area (Å²) in [6, 6.07) is 67.4. The van der Waals surface area contributed by atoms with Crippen molar-refractivity contribution in [3.05, 3.63) is 211 Å². The molecule has 10 aromatic rings.